The molecule has 1 aliphatic carbocycles. The van der Waals surface area contributed by atoms with Gasteiger partial charge in [-0.2, -0.15) is 0 Å². The lowest BCUT2D eigenvalue weighted by molar-refractivity contribution is -0.140. The van der Waals surface area contributed by atoms with Crippen molar-refractivity contribution in [1.29, 1.82) is 0 Å². The summed E-state index contributed by atoms with van der Waals surface area (Å²) in [6, 6.07) is 2.77. The Hall–Kier alpha value is -1.29. The molecule has 16 heavy (non-hydrogen) atoms. The van der Waals surface area contributed by atoms with Crippen molar-refractivity contribution < 1.29 is 19.0 Å². The Morgan fingerprint density at radius 1 is 1.56 bits per heavy atom. The number of rotatable bonds is 3. The molecule has 5 heteroatoms. The first-order valence-electron chi connectivity index (χ1n) is 4.78. The molecule has 0 bridgehead atoms. The Morgan fingerprint density at radius 3 is 2.62 bits per heavy atom. The number of ether oxygens (including phenoxy) is 1. The van der Waals surface area contributed by atoms with Gasteiger partial charge >= 0.3 is 5.97 Å². The van der Waals surface area contributed by atoms with Gasteiger partial charge in [-0.15, -0.1) is 0 Å². The van der Waals surface area contributed by atoms with Crippen molar-refractivity contribution in [2.75, 3.05) is 7.11 Å². The van der Waals surface area contributed by atoms with Crippen LogP contribution in [0.2, 0.25) is 5.02 Å². The van der Waals surface area contributed by atoms with Crippen LogP contribution in [-0.4, -0.2) is 18.2 Å². The smallest absolute Gasteiger partial charge is 0.314 e. The predicted molar refractivity (Wildman–Crippen MR) is 56.5 cm³/mol. The van der Waals surface area contributed by atoms with Crippen LogP contribution in [0.25, 0.3) is 0 Å². The number of halogens is 2. The third-order valence-electron chi connectivity index (χ3n) is 2.93. The van der Waals surface area contributed by atoms with Crippen LogP contribution in [0.5, 0.6) is 5.75 Å². The number of carboxylic acid groups (broad SMARTS) is 1. The van der Waals surface area contributed by atoms with Crippen LogP contribution >= 0.6 is 11.6 Å². The molecule has 1 aromatic carbocycles. The van der Waals surface area contributed by atoms with Gasteiger partial charge in [-0.3, -0.25) is 4.79 Å². The highest BCUT2D eigenvalue weighted by Gasteiger charge is 2.52. The lowest BCUT2D eigenvalue weighted by atomic mass is 9.96. The maximum atomic E-state index is 13.4. The van der Waals surface area contributed by atoms with E-state index in [2.05, 4.69) is 0 Å². The van der Waals surface area contributed by atoms with Gasteiger partial charge in [0, 0.05) is 0 Å². The fraction of sp³-hybridized carbons (Fsp3) is 0.364. The second-order valence-electron chi connectivity index (χ2n) is 3.86. The van der Waals surface area contributed by atoms with E-state index >= 15 is 0 Å². The number of carbonyl (C=O) groups is 1. The molecule has 2 rings (SSSR count). The van der Waals surface area contributed by atoms with Crippen LogP contribution < -0.4 is 4.74 Å². The predicted octanol–water partition coefficient (Wildman–Crippen LogP) is 2.60. The van der Waals surface area contributed by atoms with Crippen molar-refractivity contribution in [2.45, 2.75) is 18.3 Å². The number of benzene rings is 1. The molecular formula is C11H10ClFO3. The molecule has 0 aliphatic heterocycles. The fourth-order valence-corrected chi connectivity index (χ4v) is 1.95. The number of hydrogen-bond donors (Lipinski definition) is 1. The summed E-state index contributed by atoms with van der Waals surface area (Å²) >= 11 is 5.69. The lowest BCUT2D eigenvalue weighted by Crippen LogP contribution is -2.19. The Balaban J connectivity index is 2.51. The minimum Gasteiger partial charge on any atom is -0.494 e. The van der Waals surface area contributed by atoms with Crippen molar-refractivity contribution in [2.24, 2.45) is 0 Å². The summed E-state index contributed by atoms with van der Waals surface area (Å²) in [5.74, 6) is -1.58. The van der Waals surface area contributed by atoms with Crippen molar-refractivity contribution in [1.82, 2.24) is 0 Å². The van der Waals surface area contributed by atoms with Crippen molar-refractivity contribution in [3.05, 3.63) is 28.5 Å². The maximum absolute atomic E-state index is 13.4. The van der Waals surface area contributed by atoms with Crippen LogP contribution in [0.3, 0.4) is 0 Å². The summed E-state index contributed by atoms with van der Waals surface area (Å²) in [6.07, 6.45) is 1.10. The molecule has 1 aliphatic rings. The van der Waals surface area contributed by atoms with E-state index in [4.69, 9.17) is 21.4 Å². The average Bonchev–Trinajstić information content (AvgIpc) is 3.02. The van der Waals surface area contributed by atoms with Gasteiger partial charge in [0.05, 0.1) is 17.5 Å². The average molecular weight is 245 g/mol. The second kappa shape index (κ2) is 3.63. The molecule has 0 amide bonds. The topological polar surface area (TPSA) is 46.5 Å². The highest BCUT2D eigenvalue weighted by atomic mass is 35.5. The van der Waals surface area contributed by atoms with Crippen LogP contribution in [-0.2, 0) is 10.2 Å². The largest absolute Gasteiger partial charge is 0.494 e. The van der Waals surface area contributed by atoms with Crippen LogP contribution in [0.15, 0.2) is 12.1 Å². The van der Waals surface area contributed by atoms with Crippen molar-refractivity contribution >= 4 is 17.6 Å². The molecule has 1 aromatic rings. The van der Waals surface area contributed by atoms with Gasteiger partial charge in [-0.1, -0.05) is 11.6 Å². The van der Waals surface area contributed by atoms with Gasteiger partial charge in [0.1, 0.15) is 0 Å². The second-order valence-corrected chi connectivity index (χ2v) is 4.27. The first kappa shape index (κ1) is 11.2. The zero-order valence-corrected chi connectivity index (χ0v) is 9.34. The summed E-state index contributed by atoms with van der Waals surface area (Å²) < 4.78 is 18.2. The highest BCUT2D eigenvalue weighted by Crippen LogP contribution is 2.50. The molecule has 0 unspecified atom stereocenters. The van der Waals surface area contributed by atoms with Gasteiger partial charge in [-0.05, 0) is 30.5 Å². The molecule has 1 fully saturated rings. The molecule has 0 heterocycles. The minimum atomic E-state index is -0.905. The zero-order valence-electron chi connectivity index (χ0n) is 8.59. The Bertz CT molecular complexity index is 455. The summed E-state index contributed by atoms with van der Waals surface area (Å²) in [5, 5.41) is 8.99. The first-order valence-corrected chi connectivity index (χ1v) is 5.16. The fourth-order valence-electron chi connectivity index (χ4n) is 1.74. The molecule has 0 aromatic heterocycles. The maximum Gasteiger partial charge on any atom is 0.314 e. The summed E-state index contributed by atoms with van der Waals surface area (Å²) in [4.78, 5) is 11.1. The third kappa shape index (κ3) is 1.53. The van der Waals surface area contributed by atoms with Gasteiger partial charge in [0.2, 0.25) is 0 Å². The first-order chi connectivity index (χ1) is 7.51. The number of methoxy groups -OCH3 is 1. The standard InChI is InChI=1S/C11H10ClFO3/c1-16-8-5-6(4-7(12)9(8)13)11(2-3-11)10(14)15/h4-5H,2-3H2,1H3,(H,14,15). The van der Waals surface area contributed by atoms with E-state index in [1.54, 1.807) is 0 Å². The molecule has 0 saturated heterocycles. The minimum absolute atomic E-state index is 0.0185. The third-order valence-corrected chi connectivity index (χ3v) is 3.20. The van der Waals surface area contributed by atoms with Gasteiger partial charge in [-0.25, -0.2) is 4.39 Å². The van der Waals surface area contributed by atoms with E-state index in [1.807, 2.05) is 0 Å². The quantitative estimate of drug-likeness (QED) is 0.889. The number of carboxylic acids is 1. The van der Waals surface area contributed by atoms with Crippen LogP contribution in [0, 0.1) is 5.82 Å². The summed E-state index contributed by atoms with van der Waals surface area (Å²) in [6.45, 7) is 0. The Kier molecular flexibility index (Phi) is 2.54. The Morgan fingerprint density at radius 2 is 2.19 bits per heavy atom. The van der Waals surface area contributed by atoms with Gasteiger partial charge in [0.25, 0.3) is 0 Å². The van der Waals surface area contributed by atoms with Gasteiger partial charge < -0.3 is 9.84 Å². The van der Waals surface area contributed by atoms with E-state index in [9.17, 15) is 9.18 Å². The van der Waals surface area contributed by atoms with Crippen molar-refractivity contribution in [3.63, 3.8) is 0 Å². The number of hydrogen-bond acceptors (Lipinski definition) is 2. The molecule has 3 nitrogen and oxygen atoms in total. The molecule has 1 N–H and O–H groups in total. The summed E-state index contributed by atoms with van der Waals surface area (Å²) in [5.41, 5.74) is -0.395. The van der Waals surface area contributed by atoms with E-state index in [0.29, 0.717) is 18.4 Å². The lowest BCUT2D eigenvalue weighted by Gasteiger charge is -2.13. The molecule has 86 valence electrons. The normalized spacial score (nSPS) is 16.9. The molecular weight excluding hydrogens is 235 g/mol. The van der Waals surface area contributed by atoms with Crippen molar-refractivity contribution in [3.8, 4) is 5.75 Å². The number of aliphatic carboxylic acids is 1. The summed E-state index contributed by atoms with van der Waals surface area (Å²) in [7, 11) is 1.32. The molecule has 0 atom stereocenters. The van der Waals surface area contributed by atoms with E-state index in [1.165, 1.54) is 19.2 Å². The zero-order chi connectivity index (χ0) is 11.9. The SMILES string of the molecule is COc1cc(C2(C(=O)O)CC2)cc(Cl)c1F. The Labute approximate surface area is 96.8 Å². The molecule has 1 saturated carbocycles. The molecule has 0 radical (unpaired) electrons. The van der Waals surface area contributed by atoms with E-state index in [-0.39, 0.29) is 10.8 Å². The van der Waals surface area contributed by atoms with E-state index < -0.39 is 17.2 Å². The van der Waals surface area contributed by atoms with Gasteiger partial charge in [0.15, 0.2) is 11.6 Å². The van der Waals surface area contributed by atoms with Crippen LogP contribution in [0.4, 0.5) is 4.39 Å². The molecule has 0 spiro atoms. The van der Waals surface area contributed by atoms with E-state index in [0.717, 1.165) is 0 Å². The van der Waals surface area contributed by atoms with Crippen LogP contribution in [0.1, 0.15) is 18.4 Å². The monoisotopic (exact) mass is 244 g/mol. The highest BCUT2D eigenvalue weighted by molar-refractivity contribution is 6.31.